The van der Waals surface area contributed by atoms with Gasteiger partial charge in [-0.15, -0.1) is 0 Å². The molecule has 5 heteroatoms. The second-order valence-corrected chi connectivity index (χ2v) is 5.73. The van der Waals surface area contributed by atoms with Gasteiger partial charge < -0.3 is 10.6 Å². The van der Waals surface area contributed by atoms with E-state index in [1.165, 1.54) is 0 Å². The molecule has 2 rings (SSSR count). The number of carbonyl (C=O) groups excluding carboxylic acids is 1. The topological polar surface area (TPSA) is 46.3 Å². The van der Waals surface area contributed by atoms with Crippen LogP contribution in [0, 0.1) is 0 Å². The predicted molar refractivity (Wildman–Crippen MR) is 73.7 cm³/mol. The van der Waals surface area contributed by atoms with Crippen molar-refractivity contribution in [3.05, 3.63) is 28.8 Å². The Balaban J connectivity index is 2.15. The molecule has 1 aromatic carbocycles. The maximum Gasteiger partial charge on any atom is 0.253 e. The molecule has 1 atom stereocenters. The Bertz CT molecular complexity index is 433. The maximum absolute atomic E-state index is 12.2. The van der Waals surface area contributed by atoms with Crippen molar-refractivity contribution in [2.75, 3.05) is 24.3 Å². The van der Waals surface area contributed by atoms with E-state index < -0.39 is 0 Å². The Morgan fingerprint density at radius 1 is 1.59 bits per heavy atom. The van der Waals surface area contributed by atoms with Crippen LogP contribution < -0.4 is 5.73 Å². The number of amides is 1. The van der Waals surface area contributed by atoms with Crippen LogP contribution in [0.15, 0.2) is 18.2 Å². The minimum Gasteiger partial charge on any atom is -0.398 e. The summed E-state index contributed by atoms with van der Waals surface area (Å²) in [5.74, 6) is 2.16. The molecule has 0 aromatic heterocycles. The molecular formula is C12H15ClN2OS. The van der Waals surface area contributed by atoms with E-state index in [1.54, 1.807) is 18.2 Å². The monoisotopic (exact) mass is 270 g/mol. The normalized spacial score (nSPS) is 19.3. The lowest BCUT2D eigenvalue weighted by Crippen LogP contribution is -2.36. The highest BCUT2D eigenvalue weighted by Gasteiger charge is 2.24. The third-order valence-electron chi connectivity index (χ3n) is 3.02. The van der Waals surface area contributed by atoms with Crippen molar-refractivity contribution in [2.24, 2.45) is 0 Å². The molecule has 1 heterocycles. The molecule has 17 heavy (non-hydrogen) atoms. The van der Waals surface area contributed by atoms with Gasteiger partial charge in [-0.1, -0.05) is 11.6 Å². The summed E-state index contributed by atoms with van der Waals surface area (Å²) in [6, 6.07) is 5.37. The van der Waals surface area contributed by atoms with E-state index in [4.69, 9.17) is 17.3 Å². The zero-order valence-electron chi connectivity index (χ0n) is 9.65. The third kappa shape index (κ3) is 2.69. The number of nitrogens with zero attached hydrogens (tertiary/aromatic N) is 1. The Kier molecular flexibility index (Phi) is 3.84. The van der Waals surface area contributed by atoms with Crippen molar-refractivity contribution in [3.63, 3.8) is 0 Å². The van der Waals surface area contributed by atoms with Crippen molar-refractivity contribution >= 4 is 35.0 Å². The number of hydrogen-bond acceptors (Lipinski definition) is 3. The second kappa shape index (κ2) is 5.19. The SMILES string of the molecule is CN(C(=O)c1ccc(Cl)c(N)c1)C1CCSC1. The number of anilines is 1. The summed E-state index contributed by atoms with van der Waals surface area (Å²) in [5.41, 5.74) is 6.76. The van der Waals surface area contributed by atoms with Crippen LogP contribution >= 0.6 is 23.4 Å². The third-order valence-corrected chi connectivity index (χ3v) is 4.51. The fourth-order valence-corrected chi connectivity index (χ4v) is 3.26. The molecule has 3 nitrogen and oxygen atoms in total. The summed E-state index contributed by atoms with van der Waals surface area (Å²) in [4.78, 5) is 14.0. The predicted octanol–water partition coefficient (Wildman–Crippen LogP) is 2.50. The lowest BCUT2D eigenvalue weighted by molar-refractivity contribution is 0.0748. The van der Waals surface area contributed by atoms with Crippen LogP contribution in [0.1, 0.15) is 16.8 Å². The van der Waals surface area contributed by atoms with Gasteiger partial charge in [0.1, 0.15) is 0 Å². The first-order valence-electron chi connectivity index (χ1n) is 5.49. The van der Waals surface area contributed by atoms with Crippen molar-refractivity contribution in [2.45, 2.75) is 12.5 Å². The number of rotatable bonds is 2. The molecule has 0 spiro atoms. The van der Waals surface area contributed by atoms with Crippen LogP contribution in [0.25, 0.3) is 0 Å². The van der Waals surface area contributed by atoms with Crippen LogP contribution in [0.4, 0.5) is 5.69 Å². The maximum atomic E-state index is 12.2. The summed E-state index contributed by atoms with van der Waals surface area (Å²) < 4.78 is 0. The number of hydrogen-bond donors (Lipinski definition) is 1. The fourth-order valence-electron chi connectivity index (χ4n) is 1.87. The van der Waals surface area contributed by atoms with Crippen LogP contribution in [0.3, 0.4) is 0 Å². The standard InChI is InChI=1S/C12H15ClN2OS/c1-15(9-4-5-17-7-9)12(16)8-2-3-10(13)11(14)6-8/h2-3,6,9H,4-5,7,14H2,1H3. The van der Waals surface area contributed by atoms with Gasteiger partial charge in [0.25, 0.3) is 5.91 Å². The number of halogens is 1. The van der Waals surface area contributed by atoms with E-state index in [2.05, 4.69) is 0 Å². The summed E-state index contributed by atoms with van der Waals surface area (Å²) in [6.07, 6.45) is 1.07. The molecule has 0 radical (unpaired) electrons. The van der Waals surface area contributed by atoms with E-state index in [0.29, 0.717) is 22.3 Å². The molecular weight excluding hydrogens is 256 g/mol. The molecule has 1 aromatic rings. The van der Waals surface area contributed by atoms with Crippen molar-refractivity contribution < 1.29 is 4.79 Å². The van der Waals surface area contributed by atoms with Gasteiger partial charge in [-0.2, -0.15) is 11.8 Å². The van der Waals surface area contributed by atoms with Crippen LogP contribution in [-0.4, -0.2) is 35.4 Å². The summed E-state index contributed by atoms with van der Waals surface area (Å²) in [7, 11) is 1.85. The van der Waals surface area contributed by atoms with Gasteiger partial charge in [0.2, 0.25) is 0 Å². The molecule has 1 amide bonds. The zero-order valence-corrected chi connectivity index (χ0v) is 11.2. The molecule has 1 fully saturated rings. The van der Waals surface area contributed by atoms with Crippen molar-refractivity contribution in [1.82, 2.24) is 4.90 Å². The summed E-state index contributed by atoms with van der Waals surface area (Å²) in [5, 5.41) is 0.487. The van der Waals surface area contributed by atoms with E-state index >= 15 is 0 Å². The van der Waals surface area contributed by atoms with Crippen LogP contribution in [0.2, 0.25) is 5.02 Å². The molecule has 0 bridgehead atoms. The highest BCUT2D eigenvalue weighted by atomic mass is 35.5. The molecule has 2 N–H and O–H groups in total. The molecule has 0 aliphatic carbocycles. The first-order valence-corrected chi connectivity index (χ1v) is 7.03. The number of nitrogen functional groups attached to an aromatic ring is 1. The van der Waals surface area contributed by atoms with E-state index in [0.717, 1.165) is 17.9 Å². The Morgan fingerprint density at radius 2 is 2.35 bits per heavy atom. The smallest absolute Gasteiger partial charge is 0.253 e. The average Bonchev–Trinajstić information content (AvgIpc) is 2.84. The number of nitrogens with two attached hydrogens (primary N) is 1. The second-order valence-electron chi connectivity index (χ2n) is 4.17. The molecule has 1 saturated heterocycles. The minimum atomic E-state index is 0.0147. The Hall–Kier alpha value is -0.870. The van der Waals surface area contributed by atoms with E-state index in [9.17, 15) is 4.79 Å². The van der Waals surface area contributed by atoms with Gasteiger partial charge in [0.05, 0.1) is 10.7 Å². The Labute approximate surface area is 110 Å². The first-order chi connectivity index (χ1) is 8.09. The van der Waals surface area contributed by atoms with Gasteiger partial charge >= 0.3 is 0 Å². The Morgan fingerprint density at radius 3 is 2.94 bits per heavy atom. The van der Waals surface area contributed by atoms with Crippen LogP contribution in [-0.2, 0) is 0 Å². The molecule has 1 aliphatic rings. The van der Waals surface area contributed by atoms with Gasteiger partial charge in [0.15, 0.2) is 0 Å². The molecule has 1 aliphatic heterocycles. The number of benzene rings is 1. The van der Waals surface area contributed by atoms with Gasteiger partial charge in [0, 0.05) is 24.4 Å². The number of thioether (sulfide) groups is 1. The minimum absolute atomic E-state index is 0.0147. The van der Waals surface area contributed by atoms with E-state index in [-0.39, 0.29) is 5.91 Å². The van der Waals surface area contributed by atoms with Crippen LogP contribution in [0.5, 0.6) is 0 Å². The molecule has 1 unspecified atom stereocenters. The van der Waals surface area contributed by atoms with E-state index in [1.807, 2.05) is 23.7 Å². The average molecular weight is 271 g/mol. The lowest BCUT2D eigenvalue weighted by Gasteiger charge is -2.24. The van der Waals surface area contributed by atoms with Gasteiger partial charge in [-0.05, 0) is 30.4 Å². The molecule has 92 valence electrons. The zero-order chi connectivity index (χ0) is 12.4. The lowest BCUT2D eigenvalue weighted by atomic mass is 10.1. The van der Waals surface area contributed by atoms with Crippen molar-refractivity contribution in [1.29, 1.82) is 0 Å². The van der Waals surface area contributed by atoms with Gasteiger partial charge in [-0.3, -0.25) is 4.79 Å². The highest BCUT2D eigenvalue weighted by Crippen LogP contribution is 2.24. The summed E-state index contributed by atoms with van der Waals surface area (Å²) >= 11 is 7.73. The fraction of sp³-hybridized carbons (Fsp3) is 0.417. The first kappa shape index (κ1) is 12.6. The summed E-state index contributed by atoms with van der Waals surface area (Å²) in [6.45, 7) is 0. The highest BCUT2D eigenvalue weighted by molar-refractivity contribution is 7.99. The van der Waals surface area contributed by atoms with Gasteiger partial charge in [-0.25, -0.2) is 0 Å². The molecule has 0 saturated carbocycles. The van der Waals surface area contributed by atoms with Crippen molar-refractivity contribution in [3.8, 4) is 0 Å². The quantitative estimate of drug-likeness (QED) is 0.840. The largest absolute Gasteiger partial charge is 0.398 e. The number of carbonyl (C=O) groups is 1.